The monoisotopic (exact) mass is 269 g/mol. The molecule has 0 saturated carbocycles. The van der Waals surface area contributed by atoms with Crippen molar-refractivity contribution in [3.05, 3.63) is 32.6 Å². The van der Waals surface area contributed by atoms with Gasteiger partial charge in [-0.25, -0.2) is 4.79 Å². The van der Waals surface area contributed by atoms with Crippen LogP contribution < -0.4 is 11.2 Å². The van der Waals surface area contributed by atoms with Crippen molar-refractivity contribution in [2.24, 2.45) is 7.05 Å². The highest BCUT2D eigenvalue weighted by Crippen LogP contribution is 2.11. The molecular formula is C11H15N3O3S. The molecule has 7 heteroatoms. The van der Waals surface area contributed by atoms with Crippen molar-refractivity contribution >= 4 is 17.7 Å². The highest BCUT2D eigenvalue weighted by molar-refractivity contribution is 7.99. The smallest absolute Gasteiger partial charge is 0.328 e. The zero-order chi connectivity index (χ0) is 13.1. The lowest BCUT2D eigenvalue weighted by Crippen LogP contribution is -2.39. The first-order chi connectivity index (χ1) is 8.59. The molecule has 0 atom stereocenters. The maximum absolute atomic E-state index is 12.2. The quantitative estimate of drug-likeness (QED) is 0.756. The van der Waals surface area contributed by atoms with E-state index in [9.17, 15) is 14.4 Å². The number of carbonyl (C=O) groups excluding carboxylic acids is 1. The Bertz CT molecular complexity index is 555. The zero-order valence-corrected chi connectivity index (χ0v) is 11.0. The molecule has 1 aromatic rings. The van der Waals surface area contributed by atoms with Crippen LogP contribution >= 0.6 is 11.8 Å². The number of thioether (sulfide) groups is 1. The van der Waals surface area contributed by atoms with Gasteiger partial charge in [0.1, 0.15) is 5.56 Å². The van der Waals surface area contributed by atoms with Crippen LogP contribution in [-0.4, -0.2) is 45.0 Å². The molecule has 2 heterocycles. The molecule has 1 N–H and O–H groups in total. The van der Waals surface area contributed by atoms with E-state index >= 15 is 0 Å². The van der Waals surface area contributed by atoms with Gasteiger partial charge < -0.3 is 9.47 Å². The Labute approximate surface area is 108 Å². The number of H-pyrrole nitrogens is 1. The van der Waals surface area contributed by atoms with Gasteiger partial charge in [0.15, 0.2) is 0 Å². The summed E-state index contributed by atoms with van der Waals surface area (Å²) in [7, 11) is 1.51. The molecule has 6 nitrogen and oxygen atoms in total. The molecule has 0 aromatic carbocycles. The van der Waals surface area contributed by atoms with Gasteiger partial charge in [-0.05, 0) is 12.2 Å². The molecule has 0 bridgehead atoms. The van der Waals surface area contributed by atoms with Crippen LogP contribution in [-0.2, 0) is 7.05 Å². The number of hydrogen-bond donors (Lipinski definition) is 1. The van der Waals surface area contributed by atoms with Crippen LogP contribution in [0.4, 0.5) is 0 Å². The topological polar surface area (TPSA) is 75.2 Å². The maximum atomic E-state index is 12.2. The second-order valence-electron chi connectivity index (χ2n) is 4.17. The first-order valence-corrected chi connectivity index (χ1v) is 6.92. The summed E-state index contributed by atoms with van der Waals surface area (Å²) >= 11 is 1.81. The SMILES string of the molecule is Cn1cc(C(=O)N2CCCSCC2)c(=O)[nH]c1=O. The lowest BCUT2D eigenvalue weighted by atomic mass is 10.2. The van der Waals surface area contributed by atoms with E-state index in [4.69, 9.17) is 0 Å². The average molecular weight is 269 g/mol. The summed E-state index contributed by atoms with van der Waals surface area (Å²) in [5, 5.41) is 0. The fraction of sp³-hybridized carbons (Fsp3) is 0.545. The first-order valence-electron chi connectivity index (χ1n) is 5.76. The molecule has 1 aliphatic heterocycles. The van der Waals surface area contributed by atoms with Crippen molar-refractivity contribution in [3.63, 3.8) is 0 Å². The summed E-state index contributed by atoms with van der Waals surface area (Å²) in [6.45, 7) is 1.31. The van der Waals surface area contributed by atoms with Crippen LogP contribution in [0.3, 0.4) is 0 Å². The number of nitrogens with zero attached hydrogens (tertiary/aromatic N) is 2. The van der Waals surface area contributed by atoms with Crippen molar-refractivity contribution in [3.8, 4) is 0 Å². The van der Waals surface area contributed by atoms with Gasteiger partial charge in [-0.2, -0.15) is 11.8 Å². The minimum atomic E-state index is -0.611. The van der Waals surface area contributed by atoms with Crippen LogP contribution in [0.5, 0.6) is 0 Å². The number of amides is 1. The Morgan fingerprint density at radius 3 is 2.89 bits per heavy atom. The van der Waals surface area contributed by atoms with Crippen molar-refractivity contribution in [1.82, 2.24) is 14.5 Å². The van der Waals surface area contributed by atoms with Crippen LogP contribution in [0.15, 0.2) is 15.8 Å². The van der Waals surface area contributed by atoms with E-state index in [0.717, 1.165) is 17.9 Å². The van der Waals surface area contributed by atoms with Crippen LogP contribution in [0.1, 0.15) is 16.8 Å². The Hall–Kier alpha value is -1.50. The highest BCUT2D eigenvalue weighted by atomic mass is 32.2. The number of aromatic nitrogens is 2. The van der Waals surface area contributed by atoms with Crippen molar-refractivity contribution in [1.29, 1.82) is 0 Å². The molecular weight excluding hydrogens is 254 g/mol. The van der Waals surface area contributed by atoms with Crippen LogP contribution in [0, 0.1) is 0 Å². The number of hydrogen-bond acceptors (Lipinski definition) is 4. The van der Waals surface area contributed by atoms with E-state index in [0.29, 0.717) is 13.1 Å². The molecule has 0 aliphatic carbocycles. The normalized spacial score (nSPS) is 16.4. The maximum Gasteiger partial charge on any atom is 0.328 e. The molecule has 1 saturated heterocycles. The Morgan fingerprint density at radius 2 is 2.11 bits per heavy atom. The standard InChI is InChI=1S/C11H15N3O3S/c1-13-7-8(9(15)12-11(13)17)10(16)14-3-2-5-18-6-4-14/h7H,2-6H2,1H3,(H,12,15,17). The Balaban J connectivity index is 2.30. The molecule has 98 valence electrons. The van der Waals surface area contributed by atoms with E-state index in [2.05, 4.69) is 4.98 Å². The first kappa shape index (κ1) is 12.9. The summed E-state index contributed by atoms with van der Waals surface area (Å²) in [6.07, 6.45) is 2.24. The Kier molecular flexibility index (Phi) is 3.90. The molecule has 0 unspecified atom stereocenters. The van der Waals surface area contributed by atoms with Gasteiger partial charge in [0, 0.05) is 32.1 Å². The van der Waals surface area contributed by atoms with Gasteiger partial charge in [0.05, 0.1) is 0 Å². The summed E-state index contributed by atoms with van der Waals surface area (Å²) in [4.78, 5) is 38.9. The van der Waals surface area contributed by atoms with Gasteiger partial charge in [0.2, 0.25) is 0 Å². The third-order valence-electron chi connectivity index (χ3n) is 2.85. The van der Waals surface area contributed by atoms with E-state index in [1.54, 1.807) is 16.7 Å². The number of aromatic amines is 1. The van der Waals surface area contributed by atoms with Crippen molar-refractivity contribution in [2.75, 3.05) is 24.6 Å². The van der Waals surface area contributed by atoms with Gasteiger partial charge >= 0.3 is 5.69 Å². The lowest BCUT2D eigenvalue weighted by Gasteiger charge is -2.19. The predicted molar refractivity (Wildman–Crippen MR) is 70.1 cm³/mol. The predicted octanol–water partition coefficient (Wildman–Crippen LogP) is -0.347. The highest BCUT2D eigenvalue weighted by Gasteiger charge is 2.20. The van der Waals surface area contributed by atoms with Gasteiger partial charge in [-0.15, -0.1) is 0 Å². The number of carbonyl (C=O) groups is 1. The lowest BCUT2D eigenvalue weighted by molar-refractivity contribution is 0.0765. The minimum absolute atomic E-state index is 0.0315. The van der Waals surface area contributed by atoms with Crippen molar-refractivity contribution < 1.29 is 4.79 Å². The van der Waals surface area contributed by atoms with E-state index in [1.807, 2.05) is 0 Å². The molecule has 18 heavy (non-hydrogen) atoms. The van der Waals surface area contributed by atoms with E-state index in [1.165, 1.54) is 17.8 Å². The Morgan fingerprint density at radius 1 is 1.33 bits per heavy atom. The van der Waals surface area contributed by atoms with E-state index < -0.39 is 11.2 Å². The van der Waals surface area contributed by atoms with Gasteiger partial charge in [0.25, 0.3) is 11.5 Å². The molecule has 1 fully saturated rings. The summed E-state index contributed by atoms with van der Waals surface area (Å²) < 4.78 is 1.21. The molecule has 0 spiro atoms. The van der Waals surface area contributed by atoms with Gasteiger partial charge in [-0.3, -0.25) is 14.6 Å². The average Bonchev–Trinajstić information content (AvgIpc) is 2.61. The molecule has 1 aromatic heterocycles. The van der Waals surface area contributed by atoms with E-state index in [-0.39, 0.29) is 11.5 Å². The second-order valence-corrected chi connectivity index (χ2v) is 5.40. The molecule has 1 amide bonds. The number of aryl methyl sites for hydroxylation is 1. The summed E-state index contributed by atoms with van der Waals surface area (Å²) in [6, 6.07) is 0. The van der Waals surface area contributed by atoms with Crippen LogP contribution in [0.2, 0.25) is 0 Å². The van der Waals surface area contributed by atoms with Gasteiger partial charge in [-0.1, -0.05) is 0 Å². The molecule has 0 radical (unpaired) electrons. The van der Waals surface area contributed by atoms with Crippen molar-refractivity contribution in [2.45, 2.75) is 6.42 Å². The number of nitrogens with one attached hydrogen (secondary N) is 1. The fourth-order valence-corrected chi connectivity index (χ4v) is 2.72. The summed E-state index contributed by atoms with van der Waals surface area (Å²) in [5.74, 6) is 1.62. The number of rotatable bonds is 1. The van der Waals surface area contributed by atoms with Crippen LogP contribution in [0.25, 0.3) is 0 Å². The second kappa shape index (κ2) is 5.43. The molecule has 1 aliphatic rings. The fourth-order valence-electron chi connectivity index (χ4n) is 1.84. The largest absolute Gasteiger partial charge is 0.338 e. The minimum Gasteiger partial charge on any atom is -0.338 e. The third-order valence-corrected chi connectivity index (χ3v) is 3.90. The zero-order valence-electron chi connectivity index (χ0n) is 10.1. The molecule has 2 rings (SSSR count). The third kappa shape index (κ3) is 2.66. The summed E-state index contributed by atoms with van der Waals surface area (Å²) in [5.41, 5.74) is -1.09.